The van der Waals surface area contributed by atoms with E-state index in [-0.39, 0.29) is 24.0 Å². The standard InChI is InChI=1S/C21H26O6/c1-12(22)27-18-9-8-17(21(18,2)11-19(23)24)16-6-4-13-10-14(26-3)5-7-15(13)20(16)25/h5,7,10,16-18H,4,6,8-9,11H2,1-3H3,(H,23,24). The molecular weight excluding hydrogens is 348 g/mol. The molecule has 0 amide bonds. The summed E-state index contributed by atoms with van der Waals surface area (Å²) >= 11 is 0. The normalized spacial score (nSPS) is 29.9. The molecule has 1 fully saturated rings. The number of aliphatic carboxylic acids is 1. The first-order valence-corrected chi connectivity index (χ1v) is 9.36. The minimum absolute atomic E-state index is 0.0593. The Morgan fingerprint density at radius 2 is 2.00 bits per heavy atom. The topological polar surface area (TPSA) is 89.9 Å². The molecule has 4 atom stereocenters. The summed E-state index contributed by atoms with van der Waals surface area (Å²) in [5, 5.41) is 9.45. The van der Waals surface area contributed by atoms with Gasteiger partial charge in [0.25, 0.3) is 0 Å². The zero-order chi connectivity index (χ0) is 19.8. The molecule has 0 radical (unpaired) electrons. The monoisotopic (exact) mass is 374 g/mol. The summed E-state index contributed by atoms with van der Waals surface area (Å²) in [5.41, 5.74) is 0.924. The van der Waals surface area contributed by atoms with E-state index < -0.39 is 23.5 Å². The lowest BCUT2D eigenvalue weighted by Crippen LogP contribution is -2.43. The van der Waals surface area contributed by atoms with Gasteiger partial charge in [-0.05, 0) is 55.4 Å². The molecule has 146 valence electrons. The van der Waals surface area contributed by atoms with Crippen molar-refractivity contribution in [1.29, 1.82) is 0 Å². The number of hydrogen-bond donors (Lipinski definition) is 1. The van der Waals surface area contributed by atoms with Crippen LogP contribution in [0.3, 0.4) is 0 Å². The minimum atomic E-state index is -0.935. The van der Waals surface area contributed by atoms with Crippen molar-refractivity contribution in [3.63, 3.8) is 0 Å². The highest BCUT2D eigenvalue weighted by atomic mass is 16.5. The molecule has 0 spiro atoms. The first-order valence-electron chi connectivity index (χ1n) is 9.36. The van der Waals surface area contributed by atoms with Gasteiger partial charge in [-0.3, -0.25) is 14.4 Å². The molecule has 4 unspecified atom stereocenters. The van der Waals surface area contributed by atoms with Crippen LogP contribution in [0.1, 0.15) is 55.5 Å². The molecule has 0 aliphatic heterocycles. The highest BCUT2D eigenvalue weighted by Crippen LogP contribution is 2.53. The number of carboxylic acid groups (broad SMARTS) is 1. The molecule has 2 aliphatic rings. The average Bonchev–Trinajstić information content (AvgIpc) is 2.89. The Kier molecular flexibility index (Phi) is 5.27. The maximum atomic E-state index is 13.2. The highest BCUT2D eigenvalue weighted by Gasteiger charge is 2.54. The van der Waals surface area contributed by atoms with Gasteiger partial charge in [0, 0.05) is 23.8 Å². The van der Waals surface area contributed by atoms with Gasteiger partial charge < -0.3 is 14.6 Å². The number of methoxy groups -OCH3 is 1. The highest BCUT2D eigenvalue weighted by molar-refractivity contribution is 6.00. The van der Waals surface area contributed by atoms with Crippen molar-refractivity contribution >= 4 is 17.7 Å². The summed E-state index contributed by atoms with van der Waals surface area (Å²) in [6.45, 7) is 3.19. The van der Waals surface area contributed by atoms with Crippen LogP contribution in [0.15, 0.2) is 18.2 Å². The van der Waals surface area contributed by atoms with E-state index in [1.807, 2.05) is 13.0 Å². The molecule has 0 bridgehead atoms. The first-order chi connectivity index (χ1) is 12.8. The summed E-state index contributed by atoms with van der Waals surface area (Å²) in [6, 6.07) is 5.48. The number of carboxylic acids is 1. The average molecular weight is 374 g/mol. The third-order valence-corrected chi connectivity index (χ3v) is 6.29. The minimum Gasteiger partial charge on any atom is -0.497 e. The molecular formula is C21H26O6. The molecule has 1 N–H and O–H groups in total. The van der Waals surface area contributed by atoms with Crippen molar-refractivity contribution < 1.29 is 29.0 Å². The summed E-state index contributed by atoms with van der Waals surface area (Å²) in [7, 11) is 1.60. The van der Waals surface area contributed by atoms with Gasteiger partial charge >= 0.3 is 11.9 Å². The van der Waals surface area contributed by atoms with Crippen LogP contribution in [0.4, 0.5) is 0 Å². The fraction of sp³-hybridized carbons (Fsp3) is 0.571. The lowest BCUT2D eigenvalue weighted by molar-refractivity contribution is -0.157. The van der Waals surface area contributed by atoms with E-state index in [4.69, 9.17) is 9.47 Å². The number of ether oxygens (including phenoxy) is 2. The first kappa shape index (κ1) is 19.4. The van der Waals surface area contributed by atoms with Crippen LogP contribution in [0.2, 0.25) is 0 Å². The van der Waals surface area contributed by atoms with E-state index in [0.717, 1.165) is 17.7 Å². The van der Waals surface area contributed by atoms with E-state index >= 15 is 0 Å². The van der Waals surface area contributed by atoms with Crippen molar-refractivity contribution in [1.82, 2.24) is 0 Å². The summed E-state index contributed by atoms with van der Waals surface area (Å²) < 4.78 is 10.7. The van der Waals surface area contributed by atoms with E-state index in [1.54, 1.807) is 19.2 Å². The molecule has 27 heavy (non-hydrogen) atoms. The predicted octanol–water partition coefficient (Wildman–Crippen LogP) is 3.26. The summed E-state index contributed by atoms with van der Waals surface area (Å²) in [4.78, 5) is 36.2. The lowest BCUT2D eigenvalue weighted by atomic mass is 9.65. The molecule has 0 aromatic heterocycles. The van der Waals surface area contributed by atoms with Gasteiger partial charge in [0.2, 0.25) is 0 Å². The van der Waals surface area contributed by atoms with Gasteiger partial charge in [-0.1, -0.05) is 6.92 Å². The van der Waals surface area contributed by atoms with Crippen LogP contribution < -0.4 is 4.74 Å². The zero-order valence-electron chi connectivity index (χ0n) is 16.0. The number of aryl methyl sites for hydroxylation is 1. The molecule has 0 saturated heterocycles. The predicted molar refractivity (Wildman–Crippen MR) is 97.8 cm³/mol. The quantitative estimate of drug-likeness (QED) is 0.796. The largest absolute Gasteiger partial charge is 0.497 e. The second-order valence-corrected chi connectivity index (χ2v) is 7.89. The molecule has 6 heteroatoms. The van der Waals surface area contributed by atoms with Gasteiger partial charge in [-0.2, -0.15) is 0 Å². The second kappa shape index (κ2) is 7.33. The number of benzene rings is 1. The van der Waals surface area contributed by atoms with Crippen LogP contribution in [-0.4, -0.2) is 36.0 Å². The van der Waals surface area contributed by atoms with Crippen molar-refractivity contribution in [3.8, 4) is 5.75 Å². The Bertz CT molecular complexity index is 770. The number of carbonyl (C=O) groups excluding carboxylic acids is 2. The van der Waals surface area contributed by atoms with Crippen molar-refractivity contribution in [3.05, 3.63) is 29.3 Å². The number of fused-ring (bicyclic) bond motifs is 1. The van der Waals surface area contributed by atoms with Gasteiger partial charge in [-0.25, -0.2) is 0 Å². The van der Waals surface area contributed by atoms with E-state index in [0.29, 0.717) is 24.8 Å². The number of hydrogen-bond acceptors (Lipinski definition) is 5. The van der Waals surface area contributed by atoms with E-state index in [9.17, 15) is 19.5 Å². The fourth-order valence-electron chi connectivity index (χ4n) is 5.02. The second-order valence-electron chi connectivity index (χ2n) is 7.89. The number of Topliss-reactive ketones (excluding diaryl/α,β-unsaturated/α-hetero) is 1. The van der Waals surface area contributed by atoms with Crippen LogP contribution in [0, 0.1) is 17.3 Å². The number of ketones is 1. The van der Waals surface area contributed by atoms with Crippen molar-refractivity contribution in [2.24, 2.45) is 17.3 Å². The van der Waals surface area contributed by atoms with E-state index in [1.165, 1.54) is 6.92 Å². The van der Waals surface area contributed by atoms with E-state index in [2.05, 4.69) is 0 Å². The summed E-state index contributed by atoms with van der Waals surface area (Å²) in [6.07, 6.45) is 2.11. The molecule has 2 aliphatic carbocycles. The van der Waals surface area contributed by atoms with Crippen molar-refractivity contribution in [2.45, 2.75) is 52.1 Å². The van der Waals surface area contributed by atoms with Crippen LogP contribution >= 0.6 is 0 Å². The third-order valence-electron chi connectivity index (χ3n) is 6.29. The van der Waals surface area contributed by atoms with Gasteiger partial charge in [0.05, 0.1) is 13.5 Å². The Hall–Kier alpha value is -2.37. The van der Waals surface area contributed by atoms with Gasteiger partial charge in [-0.15, -0.1) is 0 Å². The lowest BCUT2D eigenvalue weighted by Gasteiger charge is -2.40. The molecule has 1 saturated carbocycles. The molecule has 3 rings (SSSR count). The Balaban J connectivity index is 1.90. The number of carbonyl (C=O) groups is 3. The number of rotatable bonds is 5. The fourth-order valence-corrected chi connectivity index (χ4v) is 5.02. The van der Waals surface area contributed by atoms with Gasteiger partial charge in [0.1, 0.15) is 11.9 Å². The van der Waals surface area contributed by atoms with Crippen LogP contribution in [0.25, 0.3) is 0 Å². The van der Waals surface area contributed by atoms with Crippen LogP contribution in [0.5, 0.6) is 5.75 Å². The Morgan fingerprint density at radius 1 is 1.26 bits per heavy atom. The Labute approximate surface area is 158 Å². The smallest absolute Gasteiger partial charge is 0.304 e. The molecule has 6 nitrogen and oxygen atoms in total. The molecule has 1 aromatic rings. The zero-order valence-corrected chi connectivity index (χ0v) is 16.0. The SMILES string of the molecule is COc1ccc2c(c1)CCC(C1CCC(OC(C)=O)C1(C)CC(=O)O)C2=O. The van der Waals surface area contributed by atoms with Gasteiger partial charge in [0.15, 0.2) is 5.78 Å². The van der Waals surface area contributed by atoms with Crippen molar-refractivity contribution in [2.75, 3.05) is 7.11 Å². The maximum Gasteiger partial charge on any atom is 0.304 e. The summed E-state index contributed by atoms with van der Waals surface area (Å²) in [5.74, 6) is -0.938. The Morgan fingerprint density at radius 3 is 2.63 bits per heavy atom. The number of esters is 1. The molecule has 0 heterocycles. The third kappa shape index (κ3) is 3.57. The maximum absolute atomic E-state index is 13.2. The van der Waals surface area contributed by atoms with Crippen LogP contribution in [-0.2, 0) is 20.7 Å². The molecule has 1 aromatic carbocycles.